The van der Waals surface area contributed by atoms with Crippen LogP contribution in [0.3, 0.4) is 0 Å². The van der Waals surface area contributed by atoms with Gasteiger partial charge in [-0.05, 0) is 43.7 Å². The van der Waals surface area contributed by atoms with Crippen LogP contribution in [0, 0.1) is 11.6 Å². The van der Waals surface area contributed by atoms with Crippen molar-refractivity contribution < 1.29 is 13.5 Å². The highest BCUT2D eigenvalue weighted by Crippen LogP contribution is 2.28. The Kier molecular flexibility index (Phi) is 5.15. The van der Waals surface area contributed by atoms with Gasteiger partial charge in [0.2, 0.25) is 0 Å². The number of benzene rings is 2. The fourth-order valence-electron chi connectivity index (χ4n) is 2.00. The van der Waals surface area contributed by atoms with Crippen molar-refractivity contribution in [1.29, 1.82) is 0 Å². The zero-order valence-electron chi connectivity index (χ0n) is 11.6. The highest BCUT2D eigenvalue weighted by Gasteiger charge is 2.12. The first-order valence-corrected chi connectivity index (χ1v) is 6.95. The molecule has 0 spiro atoms. The Morgan fingerprint density at radius 1 is 1.24 bits per heavy atom. The fourth-order valence-corrected chi connectivity index (χ4v) is 2.25. The molecule has 1 unspecified atom stereocenters. The molecule has 0 bridgehead atoms. The molecular weight excluding hydrogens is 296 g/mol. The van der Waals surface area contributed by atoms with Crippen molar-refractivity contribution in [2.24, 2.45) is 5.73 Å². The van der Waals surface area contributed by atoms with Crippen LogP contribution in [0.2, 0.25) is 5.02 Å². The number of halogens is 3. The van der Waals surface area contributed by atoms with Crippen LogP contribution in [0.1, 0.15) is 18.1 Å². The Labute approximate surface area is 127 Å². The molecule has 0 amide bonds. The lowest BCUT2D eigenvalue weighted by molar-refractivity contribution is 0.295. The van der Waals surface area contributed by atoms with Crippen LogP contribution in [0.15, 0.2) is 36.4 Å². The molecule has 0 aromatic heterocycles. The lowest BCUT2D eigenvalue weighted by Gasteiger charge is -2.15. The van der Waals surface area contributed by atoms with E-state index in [0.29, 0.717) is 17.2 Å². The Balaban J connectivity index is 2.20. The number of nitrogens with two attached hydrogens (primary N) is 1. The third kappa shape index (κ3) is 4.16. The van der Waals surface area contributed by atoms with Crippen LogP contribution in [-0.2, 0) is 13.0 Å². The zero-order valence-corrected chi connectivity index (χ0v) is 12.3. The SMILES string of the molecule is CC(N)Cc1c(Cl)cccc1OCc1cc(F)ccc1F. The average molecular weight is 312 g/mol. The predicted octanol–water partition coefficient (Wildman–Crippen LogP) is 4.09. The number of hydrogen-bond donors (Lipinski definition) is 1. The van der Waals surface area contributed by atoms with E-state index in [9.17, 15) is 8.78 Å². The summed E-state index contributed by atoms with van der Waals surface area (Å²) >= 11 is 6.14. The molecule has 0 fully saturated rings. The molecule has 2 nitrogen and oxygen atoms in total. The van der Waals surface area contributed by atoms with Gasteiger partial charge in [-0.3, -0.25) is 0 Å². The summed E-state index contributed by atoms with van der Waals surface area (Å²) in [5.41, 5.74) is 6.71. The first-order chi connectivity index (χ1) is 9.97. The van der Waals surface area contributed by atoms with Gasteiger partial charge in [-0.1, -0.05) is 17.7 Å². The number of rotatable bonds is 5. The van der Waals surface area contributed by atoms with Gasteiger partial charge in [0.25, 0.3) is 0 Å². The van der Waals surface area contributed by atoms with Crippen molar-refractivity contribution >= 4 is 11.6 Å². The molecule has 0 saturated heterocycles. The third-order valence-corrected chi connectivity index (χ3v) is 3.35. The van der Waals surface area contributed by atoms with Crippen molar-refractivity contribution in [2.45, 2.75) is 26.0 Å². The molecule has 0 saturated carbocycles. The first kappa shape index (κ1) is 15.7. The highest BCUT2D eigenvalue weighted by atomic mass is 35.5. The standard InChI is InChI=1S/C16H16ClF2NO/c1-10(20)7-13-14(17)3-2-4-16(13)21-9-11-8-12(18)5-6-15(11)19/h2-6,8,10H,7,9,20H2,1H3. The molecule has 2 aromatic carbocycles. The van der Waals surface area contributed by atoms with Crippen molar-refractivity contribution in [3.63, 3.8) is 0 Å². The normalized spacial score (nSPS) is 12.2. The Hall–Kier alpha value is -1.65. The van der Waals surface area contributed by atoms with Gasteiger partial charge in [0.1, 0.15) is 24.0 Å². The van der Waals surface area contributed by atoms with Crippen LogP contribution in [-0.4, -0.2) is 6.04 Å². The van der Waals surface area contributed by atoms with Crippen LogP contribution >= 0.6 is 11.6 Å². The smallest absolute Gasteiger partial charge is 0.130 e. The molecule has 2 N–H and O–H groups in total. The van der Waals surface area contributed by atoms with Crippen molar-refractivity contribution in [1.82, 2.24) is 0 Å². The maximum atomic E-state index is 13.6. The summed E-state index contributed by atoms with van der Waals surface area (Å²) in [5, 5.41) is 0.546. The van der Waals surface area contributed by atoms with E-state index < -0.39 is 11.6 Å². The predicted molar refractivity (Wildman–Crippen MR) is 79.5 cm³/mol. The molecule has 2 rings (SSSR count). The fraction of sp³-hybridized carbons (Fsp3) is 0.250. The molecule has 0 aliphatic heterocycles. The summed E-state index contributed by atoms with van der Waals surface area (Å²) in [6.45, 7) is 1.79. The van der Waals surface area contributed by atoms with Gasteiger partial charge in [-0.15, -0.1) is 0 Å². The van der Waals surface area contributed by atoms with Gasteiger partial charge in [-0.2, -0.15) is 0 Å². The van der Waals surface area contributed by atoms with Gasteiger partial charge in [0.15, 0.2) is 0 Å². The minimum absolute atomic E-state index is 0.0735. The van der Waals surface area contributed by atoms with Gasteiger partial charge in [0, 0.05) is 22.2 Å². The van der Waals surface area contributed by atoms with Crippen LogP contribution in [0.4, 0.5) is 8.78 Å². The lowest BCUT2D eigenvalue weighted by Crippen LogP contribution is -2.18. The summed E-state index contributed by atoms with van der Waals surface area (Å²) < 4.78 is 32.3. The molecule has 112 valence electrons. The second kappa shape index (κ2) is 6.87. The topological polar surface area (TPSA) is 35.2 Å². The molecular formula is C16H16ClF2NO. The van der Waals surface area contributed by atoms with E-state index in [-0.39, 0.29) is 18.2 Å². The van der Waals surface area contributed by atoms with Gasteiger partial charge in [-0.25, -0.2) is 8.78 Å². The summed E-state index contributed by atoms with van der Waals surface area (Å²) in [4.78, 5) is 0. The lowest BCUT2D eigenvalue weighted by atomic mass is 10.1. The van der Waals surface area contributed by atoms with Gasteiger partial charge in [0.05, 0.1) is 0 Å². The van der Waals surface area contributed by atoms with E-state index in [1.807, 2.05) is 6.92 Å². The van der Waals surface area contributed by atoms with Gasteiger partial charge >= 0.3 is 0 Å². The maximum absolute atomic E-state index is 13.6. The quantitative estimate of drug-likeness (QED) is 0.902. The Bertz CT molecular complexity index is 632. The highest BCUT2D eigenvalue weighted by molar-refractivity contribution is 6.31. The minimum atomic E-state index is -0.507. The summed E-state index contributed by atoms with van der Waals surface area (Å²) in [6, 6.07) is 8.40. The number of ether oxygens (including phenoxy) is 1. The van der Waals surface area contributed by atoms with Gasteiger partial charge < -0.3 is 10.5 Å². The van der Waals surface area contributed by atoms with Crippen molar-refractivity contribution in [2.75, 3.05) is 0 Å². The maximum Gasteiger partial charge on any atom is 0.130 e. The minimum Gasteiger partial charge on any atom is -0.488 e. The third-order valence-electron chi connectivity index (χ3n) is 2.99. The van der Waals surface area contributed by atoms with E-state index in [1.54, 1.807) is 18.2 Å². The van der Waals surface area contributed by atoms with Crippen LogP contribution < -0.4 is 10.5 Å². The first-order valence-electron chi connectivity index (χ1n) is 6.57. The molecule has 21 heavy (non-hydrogen) atoms. The molecule has 0 radical (unpaired) electrons. The van der Waals surface area contributed by atoms with Crippen molar-refractivity contribution in [3.8, 4) is 5.75 Å². The average Bonchev–Trinajstić information content (AvgIpc) is 2.42. The Morgan fingerprint density at radius 2 is 2.00 bits per heavy atom. The van der Waals surface area contributed by atoms with Crippen molar-refractivity contribution in [3.05, 3.63) is 64.2 Å². The monoisotopic (exact) mass is 311 g/mol. The second-order valence-corrected chi connectivity index (χ2v) is 5.33. The molecule has 2 aromatic rings. The van der Waals surface area contributed by atoms with E-state index >= 15 is 0 Å². The number of hydrogen-bond acceptors (Lipinski definition) is 2. The molecule has 0 aliphatic rings. The second-order valence-electron chi connectivity index (χ2n) is 4.92. The van der Waals surface area contributed by atoms with Crippen LogP contribution in [0.5, 0.6) is 5.75 Å². The van der Waals surface area contributed by atoms with E-state index in [4.69, 9.17) is 22.1 Å². The zero-order chi connectivity index (χ0) is 15.4. The molecule has 1 atom stereocenters. The largest absolute Gasteiger partial charge is 0.488 e. The summed E-state index contributed by atoms with van der Waals surface area (Å²) in [5.74, 6) is -0.479. The summed E-state index contributed by atoms with van der Waals surface area (Å²) in [7, 11) is 0. The Morgan fingerprint density at radius 3 is 2.71 bits per heavy atom. The van der Waals surface area contributed by atoms with E-state index in [2.05, 4.69) is 0 Å². The van der Waals surface area contributed by atoms with Crippen LogP contribution in [0.25, 0.3) is 0 Å². The van der Waals surface area contributed by atoms with E-state index in [0.717, 1.165) is 23.8 Å². The molecule has 5 heteroatoms. The molecule has 0 heterocycles. The van der Waals surface area contributed by atoms with E-state index in [1.165, 1.54) is 0 Å². The summed E-state index contributed by atoms with van der Waals surface area (Å²) in [6.07, 6.45) is 0.542. The molecule has 0 aliphatic carbocycles.